The van der Waals surface area contributed by atoms with Crippen molar-refractivity contribution < 1.29 is 10.0 Å². The molecule has 1 aliphatic rings. The van der Waals surface area contributed by atoms with Crippen LogP contribution in [-0.4, -0.2) is 22.2 Å². The van der Waals surface area contributed by atoms with Gasteiger partial charge in [-0.3, -0.25) is 10.1 Å². The fourth-order valence-electron chi connectivity index (χ4n) is 2.13. The zero-order chi connectivity index (χ0) is 13.5. The Labute approximate surface area is 110 Å². The van der Waals surface area contributed by atoms with Gasteiger partial charge in [-0.15, -0.1) is 0 Å². The van der Waals surface area contributed by atoms with Gasteiger partial charge in [0.25, 0.3) is 5.69 Å². The van der Waals surface area contributed by atoms with E-state index < -0.39 is 11.0 Å². The molecule has 18 heavy (non-hydrogen) atoms. The van der Waals surface area contributed by atoms with Crippen LogP contribution < -0.4 is 5.32 Å². The molecular weight excluding hydrogens is 256 g/mol. The Hall–Kier alpha value is -1.33. The Morgan fingerprint density at radius 1 is 1.56 bits per heavy atom. The SMILES string of the molecule is CC1(C)C(O)CC1Nc1c(Cl)cccc1[N+](=O)[O-]. The fourth-order valence-corrected chi connectivity index (χ4v) is 2.35. The van der Waals surface area contributed by atoms with Crippen LogP contribution in [0.25, 0.3) is 0 Å². The van der Waals surface area contributed by atoms with Crippen LogP contribution in [-0.2, 0) is 0 Å². The Bertz CT molecular complexity index is 490. The first-order valence-corrected chi connectivity index (χ1v) is 6.09. The van der Waals surface area contributed by atoms with Gasteiger partial charge < -0.3 is 10.4 Å². The number of halogens is 1. The summed E-state index contributed by atoms with van der Waals surface area (Å²) in [5, 5.41) is 24.0. The van der Waals surface area contributed by atoms with E-state index in [2.05, 4.69) is 5.32 Å². The summed E-state index contributed by atoms with van der Waals surface area (Å²) in [6.07, 6.45) is 0.173. The van der Waals surface area contributed by atoms with Crippen molar-refractivity contribution >= 4 is 23.0 Å². The minimum atomic E-state index is -0.462. The average Bonchev–Trinajstić information content (AvgIpc) is 2.30. The number of nitrogens with zero attached hydrogens (tertiary/aromatic N) is 1. The topological polar surface area (TPSA) is 75.4 Å². The second-order valence-corrected chi connectivity index (χ2v) is 5.57. The molecule has 98 valence electrons. The fraction of sp³-hybridized carbons (Fsp3) is 0.500. The normalized spacial score (nSPS) is 25.3. The van der Waals surface area contributed by atoms with Crippen LogP contribution in [0.4, 0.5) is 11.4 Å². The molecule has 2 rings (SSSR count). The number of nitro groups is 1. The smallest absolute Gasteiger partial charge is 0.293 e. The highest BCUT2D eigenvalue weighted by Crippen LogP contribution is 2.44. The summed E-state index contributed by atoms with van der Waals surface area (Å²) in [6, 6.07) is 4.55. The lowest BCUT2D eigenvalue weighted by molar-refractivity contribution is -0.384. The monoisotopic (exact) mass is 270 g/mol. The molecule has 2 N–H and O–H groups in total. The average molecular weight is 271 g/mol. The number of aliphatic hydroxyl groups excluding tert-OH is 1. The molecule has 0 bridgehead atoms. The standard InChI is InChI=1S/C12H15ClN2O3/c1-12(2)9(6-10(12)16)14-11-7(13)4-3-5-8(11)15(17)18/h3-5,9-10,14,16H,6H2,1-2H3. The van der Waals surface area contributed by atoms with Gasteiger partial charge >= 0.3 is 0 Å². The van der Waals surface area contributed by atoms with Gasteiger partial charge in [-0.05, 0) is 12.5 Å². The number of benzene rings is 1. The molecule has 2 unspecified atom stereocenters. The number of aliphatic hydroxyl groups is 1. The quantitative estimate of drug-likeness (QED) is 0.654. The lowest BCUT2D eigenvalue weighted by Crippen LogP contribution is -2.57. The number of anilines is 1. The molecule has 2 atom stereocenters. The molecule has 1 saturated carbocycles. The minimum absolute atomic E-state index is 0.0221. The zero-order valence-corrected chi connectivity index (χ0v) is 10.9. The molecule has 0 saturated heterocycles. The van der Waals surface area contributed by atoms with Gasteiger partial charge in [0.2, 0.25) is 0 Å². The first-order chi connectivity index (χ1) is 8.34. The van der Waals surface area contributed by atoms with Crippen LogP contribution in [0.2, 0.25) is 5.02 Å². The van der Waals surface area contributed by atoms with Gasteiger partial charge in [-0.25, -0.2) is 0 Å². The number of rotatable bonds is 3. The van der Waals surface area contributed by atoms with E-state index in [4.69, 9.17) is 11.6 Å². The Morgan fingerprint density at radius 3 is 2.72 bits per heavy atom. The zero-order valence-electron chi connectivity index (χ0n) is 10.2. The van der Waals surface area contributed by atoms with E-state index in [1.807, 2.05) is 13.8 Å². The number of hydrogen-bond acceptors (Lipinski definition) is 4. The van der Waals surface area contributed by atoms with Crippen molar-refractivity contribution in [1.29, 1.82) is 0 Å². The second-order valence-electron chi connectivity index (χ2n) is 5.16. The first kappa shape index (κ1) is 13.1. The van der Waals surface area contributed by atoms with E-state index >= 15 is 0 Å². The molecule has 1 aromatic rings. The predicted molar refractivity (Wildman–Crippen MR) is 69.9 cm³/mol. The van der Waals surface area contributed by atoms with E-state index in [1.54, 1.807) is 12.1 Å². The summed E-state index contributed by atoms with van der Waals surface area (Å²) in [5.41, 5.74) is -0.0265. The lowest BCUT2D eigenvalue weighted by Gasteiger charge is -2.49. The molecule has 1 aliphatic carbocycles. The third kappa shape index (κ3) is 2.04. The van der Waals surface area contributed by atoms with Gasteiger partial charge in [0, 0.05) is 17.5 Å². The lowest BCUT2D eigenvalue weighted by atomic mass is 9.64. The van der Waals surface area contributed by atoms with Crippen LogP contribution in [0.1, 0.15) is 20.3 Å². The minimum Gasteiger partial charge on any atom is -0.392 e. The molecule has 6 heteroatoms. The van der Waals surface area contributed by atoms with Crippen LogP contribution in [0.5, 0.6) is 0 Å². The molecular formula is C12H15ClN2O3. The molecule has 0 spiro atoms. The summed E-state index contributed by atoms with van der Waals surface area (Å²) in [6.45, 7) is 3.84. The third-order valence-electron chi connectivity index (χ3n) is 3.72. The van der Waals surface area contributed by atoms with Crippen molar-refractivity contribution in [2.45, 2.75) is 32.4 Å². The van der Waals surface area contributed by atoms with Gasteiger partial charge in [-0.2, -0.15) is 0 Å². The number of para-hydroxylation sites is 1. The Kier molecular flexibility index (Phi) is 3.21. The molecule has 1 fully saturated rings. The highest BCUT2D eigenvalue weighted by molar-refractivity contribution is 6.33. The van der Waals surface area contributed by atoms with Gasteiger partial charge in [-0.1, -0.05) is 31.5 Å². The largest absolute Gasteiger partial charge is 0.392 e. The third-order valence-corrected chi connectivity index (χ3v) is 4.04. The molecule has 1 aromatic carbocycles. The van der Waals surface area contributed by atoms with E-state index in [1.165, 1.54) is 6.07 Å². The van der Waals surface area contributed by atoms with Crippen molar-refractivity contribution in [1.82, 2.24) is 0 Å². The summed E-state index contributed by atoms with van der Waals surface area (Å²) < 4.78 is 0. The van der Waals surface area contributed by atoms with Gasteiger partial charge in [0.05, 0.1) is 16.0 Å². The van der Waals surface area contributed by atoms with Gasteiger partial charge in [0.1, 0.15) is 5.69 Å². The first-order valence-electron chi connectivity index (χ1n) is 5.71. The predicted octanol–water partition coefficient (Wildman–Crippen LogP) is 2.82. The summed E-state index contributed by atoms with van der Waals surface area (Å²) >= 11 is 6.00. The highest BCUT2D eigenvalue weighted by atomic mass is 35.5. The summed E-state index contributed by atoms with van der Waals surface area (Å²) in [7, 11) is 0. The summed E-state index contributed by atoms with van der Waals surface area (Å²) in [4.78, 5) is 10.5. The summed E-state index contributed by atoms with van der Waals surface area (Å²) in [5.74, 6) is 0. The molecule has 0 radical (unpaired) electrons. The van der Waals surface area contributed by atoms with E-state index in [0.717, 1.165) is 0 Å². The molecule has 0 aliphatic heterocycles. The highest BCUT2D eigenvalue weighted by Gasteiger charge is 2.47. The Balaban J connectivity index is 2.27. The van der Waals surface area contributed by atoms with Crippen LogP contribution in [0.3, 0.4) is 0 Å². The Morgan fingerprint density at radius 2 is 2.22 bits per heavy atom. The van der Waals surface area contributed by atoms with E-state index in [9.17, 15) is 15.2 Å². The molecule has 0 heterocycles. The van der Waals surface area contributed by atoms with Crippen molar-refractivity contribution in [3.8, 4) is 0 Å². The van der Waals surface area contributed by atoms with Crippen LogP contribution >= 0.6 is 11.6 Å². The number of nitro benzene ring substituents is 1. The number of hydrogen-bond donors (Lipinski definition) is 2. The molecule has 0 aromatic heterocycles. The van der Waals surface area contributed by atoms with Crippen LogP contribution in [0.15, 0.2) is 18.2 Å². The van der Waals surface area contributed by atoms with E-state index in [0.29, 0.717) is 17.1 Å². The van der Waals surface area contributed by atoms with E-state index in [-0.39, 0.29) is 17.1 Å². The van der Waals surface area contributed by atoms with Crippen molar-refractivity contribution in [2.75, 3.05) is 5.32 Å². The maximum absolute atomic E-state index is 10.9. The molecule has 0 amide bonds. The number of nitrogens with one attached hydrogen (secondary N) is 1. The second kappa shape index (κ2) is 4.40. The van der Waals surface area contributed by atoms with Crippen LogP contribution in [0, 0.1) is 15.5 Å². The maximum Gasteiger partial charge on any atom is 0.293 e. The maximum atomic E-state index is 10.9. The molecule has 5 nitrogen and oxygen atoms in total. The van der Waals surface area contributed by atoms with Crippen molar-refractivity contribution in [3.05, 3.63) is 33.3 Å². The van der Waals surface area contributed by atoms with Gasteiger partial charge in [0.15, 0.2) is 0 Å². The van der Waals surface area contributed by atoms with Crippen molar-refractivity contribution in [3.63, 3.8) is 0 Å². The van der Waals surface area contributed by atoms with Crippen molar-refractivity contribution in [2.24, 2.45) is 5.41 Å².